The first-order valence-electron chi connectivity index (χ1n) is 5.17. The summed E-state index contributed by atoms with van der Waals surface area (Å²) in [5.74, 6) is 1.30. The maximum absolute atomic E-state index is 6.07. The van der Waals surface area contributed by atoms with E-state index in [9.17, 15) is 0 Å². The molecule has 0 aliphatic rings. The molecule has 0 atom stereocenters. The molecular weight excluding hydrogens is 228 g/mol. The van der Waals surface area contributed by atoms with Crippen molar-refractivity contribution in [2.75, 3.05) is 44.1 Å². The standard InChI is InChI=1S/C10H17ClN4O/c1-4-15(5-6-16-3)9-8(11)7-13-10(12-2)14-9/h7H,4-6H2,1-3H3,(H,12,13,14). The molecule has 6 heteroatoms. The Labute approximate surface area is 101 Å². The number of halogens is 1. The van der Waals surface area contributed by atoms with Gasteiger partial charge in [-0.3, -0.25) is 0 Å². The number of nitrogens with one attached hydrogen (secondary N) is 1. The maximum Gasteiger partial charge on any atom is 0.224 e. The van der Waals surface area contributed by atoms with Gasteiger partial charge in [-0.1, -0.05) is 11.6 Å². The minimum absolute atomic E-state index is 0.553. The SMILES string of the molecule is CCN(CCOC)c1nc(NC)ncc1Cl. The summed E-state index contributed by atoms with van der Waals surface area (Å²) in [7, 11) is 3.45. The molecule has 0 saturated heterocycles. The van der Waals surface area contributed by atoms with E-state index < -0.39 is 0 Å². The lowest BCUT2D eigenvalue weighted by Crippen LogP contribution is -2.28. The number of anilines is 2. The van der Waals surface area contributed by atoms with Gasteiger partial charge < -0.3 is 15.0 Å². The van der Waals surface area contributed by atoms with Crippen LogP contribution >= 0.6 is 11.6 Å². The van der Waals surface area contributed by atoms with Crippen LogP contribution in [0, 0.1) is 0 Å². The summed E-state index contributed by atoms with van der Waals surface area (Å²) in [5, 5.41) is 3.44. The van der Waals surface area contributed by atoms with Crippen LogP contribution in [0.25, 0.3) is 0 Å². The number of hydrogen-bond acceptors (Lipinski definition) is 5. The van der Waals surface area contributed by atoms with Gasteiger partial charge in [-0.15, -0.1) is 0 Å². The number of likely N-dealkylation sites (N-methyl/N-ethyl adjacent to an activating group) is 1. The van der Waals surface area contributed by atoms with Crippen LogP contribution in [0.1, 0.15) is 6.92 Å². The van der Waals surface area contributed by atoms with Crippen molar-refractivity contribution in [1.29, 1.82) is 0 Å². The fraction of sp³-hybridized carbons (Fsp3) is 0.600. The number of methoxy groups -OCH3 is 1. The number of hydrogen-bond donors (Lipinski definition) is 1. The molecule has 0 spiro atoms. The van der Waals surface area contributed by atoms with Gasteiger partial charge in [-0.2, -0.15) is 4.98 Å². The van der Waals surface area contributed by atoms with Crippen molar-refractivity contribution in [2.24, 2.45) is 0 Å². The molecule has 5 nitrogen and oxygen atoms in total. The Balaban J connectivity index is 2.89. The van der Waals surface area contributed by atoms with Crippen LogP contribution in [-0.4, -0.2) is 43.8 Å². The van der Waals surface area contributed by atoms with Gasteiger partial charge in [-0.05, 0) is 6.92 Å². The Hall–Kier alpha value is -1.07. The second-order valence-electron chi connectivity index (χ2n) is 3.19. The average molecular weight is 245 g/mol. The van der Waals surface area contributed by atoms with Crippen molar-refractivity contribution >= 4 is 23.4 Å². The molecule has 0 aromatic carbocycles. The van der Waals surface area contributed by atoms with E-state index in [0.29, 0.717) is 17.6 Å². The zero-order chi connectivity index (χ0) is 12.0. The van der Waals surface area contributed by atoms with Gasteiger partial charge in [0.25, 0.3) is 0 Å². The quantitative estimate of drug-likeness (QED) is 0.825. The molecule has 0 fully saturated rings. The van der Waals surface area contributed by atoms with Crippen LogP contribution in [-0.2, 0) is 4.74 Å². The van der Waals surface area contributed by atoms with Gasteiger partial charge in [0.15, 0.2) is 5.82 Å². The average Bonchev–Trinajstić information content (AvgIpc) is 2.32. The Morgan fingerprint density at radius 2 is 2.31 bits per heavy atom. The largest absolute Gasteiger partial charge is 0.383 e. The summed E-state index contributed by atoms with van der Waals surface area (Å²) in [4.78, 5) is 10.4. The molecule has 0 aliphatic carbocycles. The van der Waals surface area contributed by atoms with Gasteiger partial charge >= 0.3 is 0 Å². The second kappa shape index (κ2) is 6.50. The molecule has 0 bridgehead atoms. The predicted octanol–water partition coefficient (Wildman–Crippen LogP) is 1.64. The zero-order valence-electron chi connectivity index (χ0n) is 9.83. The third-order valence-electron chi connectivity index (χ3n) is 2.20. The van der Waals surface area contributed by atoms with Gasteiger partial charge in [0.05, 0.1) is 12.8 Å². The smallest absolute Gasteiger partial charge is 0.224 e. The van der Waals surface area contributed by atoms with Crippen LogP contribution in [0.5, 0.6) is 0 Å². The van der Waals surface area contributed by atoms with E-state index >= 15 is 0 Å². The van der Waals surface area contributed by atoms with Gasteiger partial charge in [0.1, 0.15) is 5.02 Å². The first-order chi connectivity index (χ1) is 7.72. The fourth-order valence-corrected chi connectivity index (χ4v) is 1.53. The highest BCUT2D eigenvalue weighted by Crippen LogP contribution is 2.23. The molecule has 0 radical (unpaired) electrons. The fourth-order valence-electron chi connectivity index (χ4n) is 1.32. The lowest BCUT2D eigenvalue weighted by atomic mass is 10.4. The van der Waals surface area contributed by atoms with Gasteiger partial charge in [0.2, 0.25) is 5.95 Å². The van der Waals surface area contributed by atoms with Crippen molar-refractivity contribution in [2.45, 2.75) is 6.92 Å². The molecule has 1 aromatic rings. The lowest BCUT2D eigenvalue weighted by molar-refractivity contribution is 0.205. The van der Waals surface area contributed by atoms with Crippen LogP contribution in [0.4, 0.5) is 11.8 Å². The predicted molar refractivity (Wildman–Crippen MR) is 66.4 cm³/mol. The minimum Gasteiger partial charge on any atom is -0.383 e. The van der Waals surface area contributed by atoms with Crippen LogP contribution in [0.2, 0.25) is 5.02 Å². The highest BCUT2D eigenvalue weighted by atomic mass is 35.5. The summed E-state index contributed by atoms with van der Waals surface area (Å²) in [6, 6.07) is 0. The first kappa shape index (κ1) is 13.0. The van der Waals surface area contributed by atoms with Crippen molar-refractivity contribution in [3.05, 3.63) is 11.2 Å². The Bertz CT molecular complexity index is 335. The molecule has 1 rings (SSSR count). The number of nitrogens with zero attached hydrogens (tertiary/aromatic N) is 3. The Morgan fingerprint density at radius 3 is 2.88 bits per heavy atom. The number of aromatic nitrogens is 2. The van der Waals surface area contributed by atoms with E-state index in [1.807, 2.05) is 11.8 Å². The molecule has 1 aromatic heterocycles. The van der Waals surface area contributed by atoms with E-state index in [0.717, 1.165) is 18.9 Å². The molecule has 16 heavy (non-hydrogen) atoms. The van der Waals surface area contributed by atoms with Crippen molar-refractivity contribution < 1.29 is 4.74 Å². The highest BCUT2D eigenvalue weighted by molar-refractivity contribution is 6.32. The molecule has 1 N–H and O–H groups in total. The monoisotopic (exact) mass is 244 g/mol. The number of ether oxygens (including phenoxy) is 1. The van der Waals surface area contributed by atoms with E-state index in [1.54, 1.807) is 20.4 Å². The second-order valence-corrected chi connectivity index (χ2v) is 3.59. The molecule has 1 heterocycles. The van der Waals surface area contributed by atoms with Crippen molar-refractivity contribution in [3.63, 3.8) is 0 Å². The van der Waals surface area contributed by atoms with E-state index in [-0.39, 0.29) is 0 Å². The van der Waals surface area contributed by atoms with Gasteiger partial charge in [-0.25, -0.2) is 4.98 Å². The summed E-state index contributed by atoms with van der Waals surface area (Å²) >= 11 is 6.07. The zero-order valence-corrected chi connectivity index (χ0v) is 10.6. The first-order valence-corrected chi connectivity index (χ1v) is 5.54. The minimum atomic E-state index is 0.553. The highest BCUT2D eigenvalue weighted by Gasteiger charge is 2.11. The topological polar surface area (TPSA) is 50.3 Å². The third-order valence-corrected chi connectivity index (χ3v) is 2.46. The van der Waals surface area contributed by atoms with Crippen molar-refractivity contribution in [3.8, 4) is 0 Å². The molecule has 0 amide bonds. The maximum atomic E-state index is 6.07. The third kappa shape index (κ3) is 3.21. The Kier molecular flexibility index (Phi) is 5.28. The molecule has 0 saturated carbocycles. The summed E-state index contributed by atoms with van der Waals surface area (Å²) in [6.07, 6.45) is 1.60. The van der Waals surface area contributed by atoms with Gasteiger partial charge in [0, 0.05) is 27.2 Å². The van der Waals surface area contributed by atoms with E-state index in [4.69, 9.17) is 16.3 Å². The summed E-state index contributed by atoms with van der Waals surface area (Å²) < 4.78 is 5.05. The van der Waals surface area contributed by atoms with Crippen LogP contribution < -0.4 is 10.2 Å². The normalized spacial score (nSPS) is 10.2. The van der Waals surface area contributed by atoms with E-state index in [1.165, 1.54) is 0 Å². The molecule has 0 unspecified atom stereocenters. The van der Waals surface area contributed by atoms with Crippen LogP contribution in [0.3, 0.4) is 0 Å². The summed E-state index contributed by atoms with van der Waals surface area (Å²) in [6.45, 7) is 4.27. The summed E-state index contributed by atoms with van der Waals surface area (Å²) in [5.41, 5.74) is 0. The van der Waals surface area contributed by atoms with E-state index in [2.05, 4.69) is 15.3 Å². The lowest BCUT2D eigenvalue weighted by Gasteiger charge is -2.22. The van der Waals surface area contributed by atoms with Crippen molar-refractivity contribution in [1.82, 2.24) is 9.97 Å². The molecule has 90 valence electrons. The Morgan fingerprint density at radius 1 is 1.56 bits per heavy atom. The molecule has 0 aliphatic heterocycles. The number of rotatable bonds is 6. The molecular formula is C10H17ClN4O. The van der Waals surface area contributed by atoms with Crippen LogP contribution in [0.15, 0.2) is 6.20 Å².